The second kappa shape index (κ2) is 7.76. The van der Waals surface area contributed by atoms with Crippen molar-refractivity contribution < 1.29 is 22.6 Å². The zero-order chi connectivity index (χ0) is 16.2. The maximum Gasteiger partial charge on any atom is 0.319 e. The van der Waals surface area contributed by atoms with Gasteiger partial charge in [-0.05, 0) is 36.6 Å². The number of carbonyl (C=O) groups excluding carboxylic acids is 2. The second-order valence-electron chi connectivity index (χ2n) is 5.68. The summed E-state index contributed by atoms with van der Waals surface area (Å²) in [6, 6.07) is 0. The Bertz CT molecular complexity index is 499. The van der Waals surface area contributed by atoms with Gasteiger partial charge in [-0.15, -0.1) is 0 Å². The Morgan fingerprint density at radius 2 is 1.73 bits per heavy atom. The van der Waals surface area contributed by atoms with Gasteiger partial charge in [0.25, 0.3) is 0 Å². The molecule has 1 aliphatic heterocycles. The fraction of sp³-hybridized carbons (Fsp3) is 0.846. The Labute approximate surface area is 134 Å². The molecule has 0 spiro atoms. The zero-order valence-electron chi connectivity index (χ0n) is 12.4. The van der Waals surface area contributed by atoms with Crippen LogP contribution in [0.15, 0.2) is 0 Å². The number of nitrogens with one attached hydrogen (secondary N) is 1. The highest BCUT2D eigenvalue weighted by atomic mass is 33.1. The summed E-state index contributed by atoms with van der Waals surface area (Å²) in [7, 11) is -3.50. The number of rotatable bonds is 8. The smallest absolute Gasteiger partial charge is 0.316 e. The van der Waals surface area contributed by atoms with E-state index >= 15 is 0 Å². The summed E-state index contributed by atoms with van der Waals surface area (Å²) in [5.41, 5.74) is 0. The molecular formula is C13H22N2O5S2. The minimum Gasteiger partial charge on any atom is -0.316 e. The first-order valence-corrected chi connectivity index (χ1v) is 10.5. The SMILES string of the molecule is O=C1C2CCCCC2C(=O)N1CCCNCCSS(=O)(=O)O. The zero-order valence-corrected chi connectivity index (χ0v) is 14.0. The van der Waals surface area contributed by atoms with E-state index in [2.05, 4.69) is 5.32 Å². The van der Waals surface area contributed by atoms with Crippen molar-refractivity contribution in [1.29, 1.82) is 0 Å². The third-order valence-corrected chi connectivity index (χ3v) is 6.24. The van der Waals surface area contributed by atoms with Gasteiger partial charge in [-0.1, -0.05) is 12.8 Å². The van der Waals surface area contributed by atoms with Gasteiger partial charge in [0.1, 0.15) is 0 Å². The summed E-state index contributed by atoms with van der Waals surface area (Å²) < 4.78 is 29.5. The molecule has 1 aliphatic carbocycles. The predicted molar refractivity (Wildman–Crippen MR) is 83.7 cm³/mol. The van der Waals surface area contributed by atoms with Crippen LogP contribution in [0.4, 0.5) is 0 Å². The molecule has 2 atom stereocenters. The lowest BCUT2D eigenvalue weighted by Gasteiger charge is -2.19. The molecule has 1 saturated heterocycles. The normalized spacial score (nSPS) is 25.6. The molecule has 0 radical (unpaired) electrons. The molecule has 2 aliphatic rings. The second-order valence-corrected chi connectivity index (χ2v) is 9.15. The summed E-state index contributed by atoms with van der Waals surface area (Å²) >= 11 is 0. The number of carbonyl (C=O) groups is 2. The van der Waals surface area contributed by atoms with Crippen LogP contribution in [-0.2, 0) is 18.7 Å². The molecule has 22 heavy (non-hydrogen) atoms. The summed E-state index contributed by atoms with van der Waals surface area (Å²) in [4.78, 5) is 25.8. The Morgan fingerprint density at radius 3 is 2.27 bits per heavy atom. The van der Waals surface area contributed by atoms with Crippen LogP contribution in [0.5, 0.6) is 0 Å². The van der Waals surface area contributed by atoms with E-state index in [1.54, 1.807) is 0 Å². The number of fused-ring (bicyclic) bond motifs is 1. The number of hydrogen-bond acceptors (Lipinski definition) is 6. The van der Waals surface area contributed by atoms with Crippen LogP contribution in [0.25, 0.3) is 0 Å². The number of likely N-dealkylation sites (tertiary alicyclic amines) is 1. The first kappa shape index (κ1) is 17.7. The lowest BCUT2D eigenvalue weighted by molar-refractivity contribution is -0.139. The molecule has 1 saturated carbocycles. The Kier molecular flexibility index (Phi) is 6.25. The molecule has 2 unspecified atom stereocenters. The highest BCUT2D eigenvalue weighted by Crippen LogP contribution is 2.37. The number of imide groups is 1. The summed E-state index contributed by atoms with van der Waals surface area (Å²) in [6.45, 7) is 1.46. The molecule has 7 nitrogen and oxygen atoms in total. The lowest BCUT2D eigenvalue weighted by Crippen LogP contribution is -2.33. The van der Waals surface area contributed by atoms with Gasteiger partial charge >= 0.3 is 9.15 Å². The van der Waals surface area contributed by atoms with Crippen LogP contribution >= 0.6 is 10.8 Å². The fourth-order valence-corrected chi connectivity index (χ4v) is 4.48. The molecule has 126 valence electrons. The maximum absolute atomic E-state index is 12.2. The van der Waals surface area contributed by atoms with Crippen LogP contribution in [-0.4, -0.2) is 55.1 Å². The van der Waals surface area contributed by atoms with Crippen LogP contribution in [0, 0.1) is 11.8 Å². The summed E-state index contributed by atoms with van der Waals surface area (Å²) in [5.74, 6) is 0.0267. The molecule has 0 aromatic rings. The standard InChI is InChI=1S/C13H22N2O5S2/c16-12-10-4-1-2-5-11(10)13(17)15(12)8-3-6-14-7-9-21-22(18,19)20/h10-11,14H,1-9H2,(H,18,19,20). The van der Waals surface area contributed by atoms with Gasteiger partial charge in [-0.25, -0.2) is 0 Å². The van der Waals surface area contributed by atoms with Gasteiger partial charge in [0.2, 0.25) is 11.8 Å². The Balaban J connectivity index is 1.65. The van der Waals surface area contributed by atoms with Gasteiger partial charge in [0.15, 0.2) is 0 Å². The lowest BCUT2D eigenvalue weighted by atomic mass is 9.81. The molecular weight excluding hydrogens is 328 g/mol. The van der Waals surface area contributed by atoms with Crippen LogP contribution < -0.4 is 5.32 Å². The number of hydrogen-bond donors (Lipinski definition) is 2. The molecule has 2 N–H and O–H groups in total. The van der Waals surface area contributed by atoms with Crippen LogP contribution in [0.1, 0.15) is 32.1 Å². The summed E-state index contributed by atoms with van der Waals surface area (Å²) in [5, 5.41) is 3.03. The average Bonchev–Trinajstić information content (AvgIpc) is 2.70. The van der Waals surface area contributed by atoms with Crippen molar-refractivity contribution in [2.75, 3.05) is 25.4 Å². The first-order chi connectivity index (χ1) is 10.4. The minimum absolute atomic E-state index is 0.0170. The minimum atomic E-state index is -3.98. The van der Waals surface area contributed by atoms with E-state index in [-0.39, 0.29) is 29.4 Å². The topological polar surface area (TPSA) is 104 Å². The Morgan fingerprint density at radius 1 is 1.14 bits per heavy atom. The first-order valence-electron chi connectivity index (χ1n) is 7.58. The number of nitrogens with zero attached hydrogens (tertiary/aromatic N) is 1. The molecule has 0 aromatic heterocycles. The quantitative estimate of drug-likeness (QED) is 0.287. The van der Waals surface area contributed by atoms with E-state index in [9.17, 15) is 18.0 Å². The van der Waals surface area contributed by atoms with Gasteiger partial charge in [-0.3, -0.25) is 19.0 Å². The van der Waals surface area contributed by atoms with Crippen LogP contribution in [0.3, 0.4) is 0 Å². The maximum atomic E-state index is 12.2. The molecule has 1 heterocycles. The van der Waals surface area contributed by atoms with Gasteiger partial charge in [0.05, 0.1) is 11.8 Å². The van der Waals surface area contributed by atoms with Crippen molar-refractivity contribution in [1.82, 2.24) is 10.2 Å². The van der Waals surface area contributed by atoms with E-state index in [1.807, 2.05) is 0 Å². The van der Waals surface area contributed by atoms with Crippen molar-refractivity contribution in [3.8, 4) is 0 Å². The summed E-state index contributed by atoms with van der Waals surface area (Å²) in [6.07, 6.45) is 4.36. The highest BCUT2D eigenvalue weighted by molar-refractivity contribution is 8.69. The van der Waals surface area contributed by atoms with E-state index in [1.165, 1.54) is 4.90 Å². The third-order valence-electron chi connectivity index (χ3n) is 4.18. The largest absolute Gasteiger partial charge is 0.319 e. The van der Waals surface area contributed by atoms with Crippen molar-refractivity contribution in [2.45, 2.75) is 32.1 Å². The molecule has 2 fully saturated rings. The average molecular weight is 350 g/mol. The van der Waals surface area contributed by atoms with Gasteiger partial charge in [0, 0.05) is 18.8 Å². The van der Waals surface area contributed by atoms with Crippen molar-refractivity contribution in [3.05, 3.63) is 0 Å². The molecule has 0 aromatic carbocycles. The van der Waals surface area contributed by atoms with Crippen LogP contribution in [0.2, 0.25) is 0 Å². The van der Waals surface area contributed by atoms with Crippen molar-refractivity contribution in [2.24, 2.45) is 11.8 Å². The van der Waals surface area contributed by atoms with Crippen molar-refractivity contribution in [3.63, 3.8) is 0 Å². The third kappa shape index (κ3) is 4.68. The van der Waals surface area contributed by atoms with Gasteiger partial charge < -0.3 is 5.32 Å². The Hall–Kier alpha value is -0.640. The van der Waals surface area contributed by atoms with E-state index in [0.29, 0.717) is 36.8 Å². The van der Waals surface area contributed by atoms with Gasteiger partial charge in [-0.2, -0.15) is 8.42 Å². The monoisotopic (exact) mass is 350 g/mol. The predicted octanol–water partition coefficient (Wildman–Crippen LogP) is 0.677. The molecule has 0 bridgehead atoms. The van der Waals surface area contributed by atoms with E-state index in [4.69, 9.17) is 4.55 Å². The molecule has 2 amide bonds. The van der Waals surface area contributed by atoms with E-state index < -0.39 is 9.15 Å². The van der Waals surface area contributed by atoms with E-state index in [0.717, 1.165) is 25.7 Å². The number of amides is 2. The molecule has 9 heteroatoms. The fourth-order valence-electron chi connectivity index (χ4n) is 3.16. The van der Waals surface area contributed by atoms with Crippen molar-refractivity contribution >= 4 is 31.8 Å². The highest BCUT2D eigenvalue weighted by Gasteiger charge is 2.47. The molecule has 2 rings (SSSR count).